The van der Waals surface area contributed by atoms with Crippen LogP contribution in [0.1, 0.15) is 27.5 Å². The summed E-state index contributed by atoms with van der Waals surface area (Å²) in [5.41, 5.74) is 2.53. The fourth-order valence-corrected chi connectivity index (χ4v) is 2.82. The van der Waals surface area contributed by atoms with E-state index < -0.39 is 0 Å². The first-order valence-corrected chi connectivity index (χ1v) is 7.79. The van der Waals surface area contributed by atoms with Gasteiger partial charge in [-0.2, -0.15) is 0 Å². The Hall–Kier alpha value is -2.94. The number of benzene rings is 3. The quantitative estimate of drug-likeness (QED) is 0.683. The van der Waals surface area contributed by atoms with Crippen molar-refractivity contribution in [2.45, 2.75) is 6.04 Å². The second kappa shape index (κ2) is 7.09. The molecule has 0 fully saturated rings. The van der Waals surface area contributed by atoms with Gasteiger partial charge in [-0.3, -0.25) is 4.79 Å². The number of hydrogen-bond donors (Lipinski definition) is 0. The lowest BCUT2D eigenvalue weighted by Crippen LogP contribution is -2.32. The molecule has 0 heterocycles. The Bertz CT molecular complexity index is 761. The molecule has 120 valence electrons. The van der Waals surface area contributed by atoms with Gasteiger partial charge in [0.25, 0.3) is 5.91 Å². The van der Waals surface area contributed by atoms with E-state index in [2.05, 4.69) is 0 Å². The van der Waals surface area contributed by atoms with Crippen LogP contribution >= 0.6 is 0 Å². The Labute approximate surface area is 141 Å². The number of halogens is 1. The van der Waals surface area contributed by atoms with E-state index in [4.69, 9.17) is 0 Å². The molecule has 0 unspecified atom stereocenters. The Morgan fingerprint density at radius 3 is 1.71 bits per heavy atom. The Morgan fingerprint density at radius 1 is 0.792 bits per heavy atom. The molecule has 3 rings (SSSR count). The minimum atomic E-state index is -0.350. The van der Waals surface area contributed by atoms with Crippen LogP contribution in [0.15, 0.2) is 84.9 Å². The van der Waals surface area contributed by atoms with Crippen LogP contribution in [-0.2, 0) is 0 Å². The molecule has 0 aromatic heterocycles. The average molecular weight is 319 g/mol. The summed E-state index contributed by atoms with van der Waals surface area (Å²) in [6.45, 7) is 0. The SMILES string of the molecule is CN(C(=O)c1ccc(F)cc1)C(c1ccccc1)c1ccccc1. The molecule has 0 aliphatic heterocycles. The zero-order chi connectivity index (χ0) is 16.9. The summed E-state index contributed by atoms with van der Waals surface area (Å²) in [5.74, 6) is -0.496. The summed E-state index contributed by atoms with van der Waals surface area (Å²) in [6, 6.07) is 25.2. The van der Waals surface area contributed by atoms with E-state index >= 15 is 0 Å². The lowest BCUT2D eigenvalue weighted by Gasteiger charge is -2.29. The highest BCUT2D eigenvalue weighted by Gasteiger charge is 2.24. The van der Waals surface area contributed by atoms with Crippen molar-refractivity contribution in [3.8, 4) is 0 Å². The predicted molar refractivity (Wildman–Crippen MR) is 93.2 cm³/mol. The summed E-state index contributed by atoms with van der Waals surface area (Å²) in [6.07, 6.45) is 0. The zero-order valence-electron chi connectivity index (χ0n) is 13.4. The molecule has 0 N–H and O–H groups in total. The lowest BCUT2D eigenvalue weighted by atomic mass is 9.97. The third kappa shape index (κ3) is 3.35. The molecule has 3 aromatic rings. The second-order valence-corrected chi connectivity index (χ2v) is 5.65. The third-order valence-electron chi connectivity index (χ3n) is 4.03. The van der Waals surface area contributed by atoms with Gasteiger partial charge in [0.05, 0.1) is 6.04 Å². The average Bonchev–Trinajstić information content (AvgIpc) is 2.64. The van der Waals surface area contributed by atoms with Gasteiger partial charge in [-0.05, 0) is 35.4 Å². The minimum absolute atomic E-state index is 0.146. The van der Waals surface area contributed by atoms with Gasteiger partial charge < -0.3 is 4.90 Å². The van der Waals surface area contributed by atoms with E-state index in [9.17, 15) is 9.18 Å². The maximum Gasteiger partial charge on any atom is 0.254 e. The smallest absolute Gasteiger partial charge is 0.254 e. The monoisotopic (exact) mass is 319 g/mol. The van der Waals surface area contributed by atoms with Gasteiger partial charge in [0, 0.05) is 12.6 Å². The van der Waals surface area contributed by atoms with Crippen LogP contribution in [0.5, 0.6) is 0 Å². The molecule has 0 aliphatic carbocycles. The summed E-state index contributed by atoms with van der Waals surface area (Å²) < 4.78 is 13.1. The van der Waals surface area contributed by atoms with Crippen molar-refractivity contribution < 1.29 is 9.18 Å². The van der Waals surface area contributed by atoms with E-state index in [0.717, 1.165) is 11.1 Å². The van der Waals surface area contributed by atoms with Gasteiger partial charge in [0.1, 0.15) is 5.82 Å². The molecule has 0 saturated carbocycles. The standard InChI is InChI=1S/C21H18FNO/c1-23(21(24)18-12-14-19(22)15-13-18)20(16-8-4-2-5-9-16)17-10-6-3-7-11-17/h2-15,20H,1H3. The van der Waals surface area contributed by atoms with Crippen molar-refractivity contribution in [3.63, 3.8) is 0 Å². The number of rotatable bonds is 4. The van der Waals surface area contributed by atoms with E-state index in [1.165, 1.54) is 24.3 Å². The summed E-state index contributed by atoms with van der Waals surface area (Å²) in [4.78, 5) is 14.5. The van der Waals surface area contributed by atoms with E-state index in [0.29, 0.717) is 5.56 Å². The van der Waals surface area contributed by atoms with Crippen LogP contribution in [0, 0.1) is 5.82 Å². The van der Waals surface area contributed by atoms with Gasteiger partial charge in [0.2, 0.25) is 0 Å². The van der Waals surface area contributed by atoms with Crippen LogP contribution < -0.4 is 0 Å². The van der Waals surface area contributed by atoms with Crippen LogP contribution in [0.4, 0.5) is 4.39 Å². The summed E-state index contributed by atoms with van der Waals surface area (Å²) >= 11 is 0. The number of nitrogens with zero attached hydrogens (tertiary/aromatic N) is 1. The summed E-state index contributed by atoms with van der Waals surface area (Å²) in [5, 5.41) is 0. The molecule has 3 aromatic carbocycles. The van der Waals surface area contributed by atoms with E-state index in [1.807, 2.05) is 60.7 Å². The van der Waals surface area contributed by atoms with Gasteiger partial charge in [-0.1, -0.05) is 60.7 Å². The maximum absolute atomic E-state index is 13.1. The molecule has 0 saturated heterocycles. The molecule has 0 atom stereocenters. The molecule has 0 radical (unpaired) electrons. The normalized spacial score (nSPS) is 10.6. The highest BCUT2D eigenvalue weighted by Crippen LogP contribution is 2.28. The van der Waals surface area contributed by atoms with Crippen LogP contribution in [0.3, 0.4) is 0 Å². The number of carbonyl (C=O) groups excluding carboxylic acids is 1. The molecular weight excluding hydrogens is 301 g/mol. The molecule has 0 spiro atoms. The third-order valence-corrected chi connectivity index (χ3v) is 4.03. The van der Waals surface area contributed by atoms with Crippen molar-refractivity contribution in [1.82, 2.24) is 4.90 Å². The van der Waals surface area contributed by atoms with E-state index in [1.54, 1.807) is 11.9 Å². The van der Waals surface area contributed by atoms with Crippen molar-refractivity contribution >= 4 is 5.91 Å². The van der Waals surface area contributed by atoms with Crippen molar-refractivity contribution in [2.75, 3.05) is 7.05 Å². The largest absolute Gasteiger partial charge is 0.331 e. The fraction of sp³-hybridized carbons (Fsp3) is 0.0952. The van der Waals surface area contributed by atoms with E-state index in [-0.39, 0.29) is 17.8 Å². The Balaban J connectivity index is 1.99. The van der Waals surface area contributed by atoms with Gasteiger partial charge in [-0.25, -0.2) is 4.39 Å². The van der Waals surface area contributed by atoms with Gasteiger partial charge in [-0.15, -0.1) is 0 Å². The summed E-state index contributed by atoms with van der Waals surface area (Å²) in [7, 11) is 1.77. The van der Waals surface area contributed by atoms with Crippen LogP contribution in [-0.4, -0.2) is 17.9 Å². The van der Waals surface area contributed by atoms with Gasteiger partial charge >= 0.3 is 0 Å². The van der Waals surface area contributed by atoms with Crippen molar-refractivity contribution in [1.29, 1.82) is 0 Å². The number of carbonyl (C=O) groups is 1. The highest BCUT2D eigenvalue weighted by atomic mass is 19.1. The molecule has 1 amide bonds. The molecule has 2 nitrogen and oxygen atoms in total. The minimum Gasteiger partial charge on any atom is -0.331 e. The highest BCUT2D eigenvalue weighted by molar-refractivity contribution is 5.94. The van der Waals surface area contributed by atoms with Crippen LogP contribution in [0.2, 0.25) is 0 Å². The molecule has 3 heteroatoms. The predicted octanol–water partition coefficient (Wildman–Crippen LogP) is 4.69. The van der Waals surface area contributed by atoms with Gasteiger partial charge in [0.15, 0.2) is 0 Å². The zero-order valence-corrected chi connectivity index (χ0v) is 13.4. The number of hydrogen-bond acceptors (Lipinski definition) is 1. The maximum atomic E-state index is 13.1. The van der Waals surface area contributed by atoms with Crippen molar-refractivity contribution in [2.24, 2.45) is 0 Å². The lowest BCUT2D eigenvalue weighted by molar-refractivity contribution is 0.0755. The first kappa shape index (κ1) is 15.9. The molecule has 24 heavy (non-hydrogen) atoms. The molecule has 0 bridgehead atoms. The Morgan fingerprint density at radius 2 is 1.25 bits per heavy atom. The fourth-order valence-electron chi connectivity index (χ4n) is 2.82. The topological polar surface area (TPSA) is 20.3 Å². The second-order valence-electron chi connectivity index (χ2n) is 5.65. The first-order chi connectivity index (χ1) is 11.7. The molecule has 0 aliphatic rings. The van der Waals surface area contributed by atoms with Crippen LogP contribution in [0.25, 0.3) is 0 Å². The first-order valence-electron chi connectivity index (χ1n) is 7.79. The number of amides is 1. The Kier molecular flexibility index (Phi) is 4.71. The molecular formula is C21H18FNO. The van der Waals surface area contributed by atoms with Crippen molar-refractivity contribution in [3.05, 3.63) is 107 Å².